The third kappa shape index (κ3) is 1.43. The predicted molar refractivity (Wildman–Crippen MR) is 45.3 cm³/mol. The number of amides is 1. The van der Waals surface area contributed by atoms with Crippen LogP contribution in [-0.4, -0.2) is 36.5 Å². The van der Waals surface area contributed by atoms with Gasteiger partial charge in [-0.25, -0.2) is 0 Å². The smallest absolute Gasteiger partial charge is 0.243 e. The molecule has 0 saturated carbocycles. The van der Waals surface area contributed by atoms with Crippen LogP contribution in [0.2, 0.25) is 0 Å². The molecule has 0 aliphatic carbocycles. The molecule has 4 heteroatoms. The lowest BCUT2D eigenvalue weighted by atomic mass is 10.2. The van der Waals surface area contributed by atoms with Crippen molar-refractivity contribution in [1.82, 2.24) is 15.5 Å². The standard InChI is InChI=1S/C8H13N3O/c12-8-6-11(4-3-10-8)7-1-2-9-5-7/h3-4,7,9H,1-2,5-6H2,(H,10,12)/t7-/m1/s1. The summed E-state index contributed by atoms with van der Waals surface area (Å²) in [6, 6.07) is 0.507. The highest BCUT2D eigenvalue weighted by Crippen LogP contribution is 2.09. The highest BCUT2D eigenvalue weighted by Gasteiger charge is 2.22. The molecular weight excluding hydrogens is 154 g/mol. The summed E-state index contributed by atoms with van der Waals surface area (Å²) < 4.78 is 0. The third-order valence-corrected chi connectivity index (χ3v) is 2.34. The van der Waals surface area contributed by atoms with Crippen LogP contribution in [0, 0.1) is 0 Å². The monoisotopic (exact) mass is 167 g/mol. The van der Waals surface area contributed by atoms with Crippen LogP contribution in [0.3, 0.4) is 0 Å². The van der Waals surface area contributed by atoms with Gasteiger partial charge < -0.3 is 15.5 Å². The van der Waals surface area contributed by atoms with Gasteiger partial charge in [0.25, 0.3) is 0 Å². The average molecular weight is 167 g/mol. The van der Waals surface area contributed by atoms with Gasteiger partial charge in [-0.15, -0.1) is 0 Å². The minimum Gasteiger partial charge on any atom is -0.363 e. The van der Waals surface area contributed by atoms with Crippen molar-refractivity contribution in [3.8, 4) is 0 Å². The lowest BCUT2D eigenvalue weighted by Crippen LogP contribution is -2.42. The van der Waals surface area contributed by atoms with E-state index in [1.54, 1.807) is 6.20 Å². The molecule has 0 spiro atoms. The van der Waals surface area contributed by atoms with Crippen molar-refractivity contribution >= 4 is 5.91 Å². The number of hydrogen-bond acceptors (Lipinski definition) is 3. The van der Waals surface area contributed by atoms with E-state index >= 15 is 0 Å². The lowest BCUT2D eigenvalue weighted by molar-refractivity contribution is -0.121. The first-order valence-electron chi connectivity index (χ1n) is 4.29. The zero-order valence-electron chi connectivity index (χ0n) is 6.92. The summed E-state index contributed by atoms with van der Waals surface area (Å²) in [5.74, 6) is 0.0874. The fraction of sp³-hybridized carbons (Fsp3) is 0.625. The molecule has 1 amide bonds. The Morgan fingerprint density at radius 3 is 3.17 bits per heavy atom. The molecular formula is C8H13N3O. The quantitative estimate of drug-likeness (QED) is 0.540. The highest BCUT2D eigenvalue weighted by atomic mass is 16.2. The van der Waals surface area contributed by atoms with Gasteiger partial charge in [0.05, 0.1) is 6.54 Å². The molecule has 0 radical (unpaired) electrons. The summed E-state index contributed by atoms with van der Waals surface area (Å²) in [5, 5.41) is 5.93. The van der Waals surface area contributed by atoms with Crippen molar-refractivity contribution in [3.63, 3.8) is 0 Å². The van der Waals surface area contributed by atoms with E-state index < -0.39 is 0 Å². The second kappa shape index (κ2) is 3.15. The Balaban J connectivity index is 1.98. The molecule has 2 N–H and O–H groups in total. The van der Waals surface area contributed by atoms with Crippen molar-refractivity contribution in [2.24, 2.45) is 0 Å². The minimum atomic E-state index is 0.0874. The van der Waals surface area contributed by atoms with Gasteiger partial charge in [-0.2, -0.15) is 0 Å². The van der Waals surface area contributed by atoms with Crippen LogP contribution in [0.5, 0.6) is 0 Å². The van der Waals surface area contributed by atoms with Gasteiger partial charge in [-0.05, 0) is 13.0 Å². The van der Waals surface area contributed by atoms with E-state index in [0.29, 0.717) is 12.6 Å². The molecule has 0 bridgehead atoms. The molecule has 0 aromatic heterocycles. The van der Waals surface area contributed by atoms with Gasteiger partial charge >= 0.3 is 0 Å². The largest absolute Gasteiger partial charge is 0.363 e. The van der Waals surface area contributed by atoms with Gasteiger partial charge in [0.1, 0.15) is 0 Å². The molecule has 2 heterocycles. The van der Waals surface area contributed by atoms with Gasteiger partial charge in [0.15, 0.2) is 0 Å². The Morgan fingerprint density at radius 2 is 2.50 bits per heavy atom. The normalized spacial score (nSPS) is 29.2. The summed E-state index contributed by atoms with van der Waals surface area (Å²) in [6.45, 7) is 2.57. The van der Waals surface area contributed by atoms with Crippen LogP contribution >= 0.6 is 0 Å². The number of carbonyl (C=O) groups excluding carboxylic acids is 1. The number of nitrogens with one attached hydrogen (secondary N) is 2. The first-order valence-corrected chi connectivity index (χ1v) is 4.29. The molecule has 0 aromatic rings. The van der Waals surface area contributed by atoms with Gasteiger partial charge in [0, 0.05) is 25.0 Å². The Kier molecular flexibility index (Phi) is 1.99. The summed E-state index contributed by atoms with van der Waals surface area (Å²) >= 11 is 0. The van der Waals surface area contributed by atoms with Crippen LogP contribution in [0.1, 0.15) is 6.42 Å². The summed E-state index contributed by atoms with van der Waals surface area (Å²) in [4.78, 5) is 13.1. The molecule has 2 aliphatic rings. The SMILES string of the molecule is O=C1CN([C@@H]2CCNC2)C=CN1. The molecule has 2 rings (SSSR count). The van der Waals surface area contributed by atoms with Gasteiger partial charge in [-0.1, -0.05) is 0 Å². The van der Waals surface area contributed by atoms with E-state index in [1.807, 2.05) is 6.20 Å². The molecule has 2 aliphatic heterocycles. The van der Waals surface area contributed by atoms with E-state index in [1.165, 1.54) is 0 Å². The number of rotatable bonds is 1. The molecule has 4 nitrogen and oxygen atoms in total. The third-order valence-electron chi connectivity index (χ3n) is 2.34. The van der Waals surface area contributed by atoms with E-state index in [4.69, 9.17) is 0 Å². The second-order valence-electron chi connectivity index (χ2n) is 3.20. The van der Waals surface area contributed by atoms with Crippen molar-refractivity contribution in [1.29, 1.82) is 0 Å². The van der Waals surface area contributed by atoms with Crippen molar-refractivity contribution in [2.45, 2.75) is 12.5 Å². The van der Waals surface area contributed by atoms with Crippen LogP contribution in [0.4, 0.5) is 0 Å². The van der Waals surface area contributed by atoms with E-state index in [0.717, 1.165) is 19.5 Å². The van der Waals surface area contributed by atoms with Crippen LogP contribution in [0.25, 0.3) is 0 Å². The Hall–Kier alpha value is -1.03. The minimum absolute atomic E-state index is 0.0874. The van der Waals surface area contributed by atoms with Crippen molar-refractivity contribution < 1.29 is 4.79 Å². The van der Waals surface area contributed by atoms with E-state index in [2.05, 4.69) is 15.5 Å². The maximum absolute atomic E-state index is 11.0. The molecule has 66 valence electrons. The highest BCUT2D eigenvalue weighted by molar-refractivity contribution is 5.80. The maximum Gasteiger partial charge on any atom is 0.243 e. The molecule has 1 saturated heterocycles. The molecule has 0 aromatic carbocycles. The lowest BCUT2D eigenvalue weighted by Gasteiger charge is -2.28. The Bertz CT molecular complexity index is 208. The van der Waals surface area contributed by atoms with Crippen LogP contribution in [-0.2, 0) is 4.79 Å². The topological polar surface area (TPSA) is 44.4 Å². The fourth-order valence-corrected chi connectivity index (χ4v) is 1.66. The first-order chi connectivity index (χ1) is 5.86. The van der Waals surface area contributed by atoms with E-state index in [9.17, 15) is 4.79 Å². The van der Waals surface area contributed by atoms with Crippen molar-refractivity contribution in [2.75, 3.05) is 19.6 Å². The molecule has 1 fully saturated rings. The number of nitrogens with zero attached hydrogens (tertiary/aromatic N) is 1. The van der Waals surface area contributed by atoms with Crippen molar-refractivity contribution in [3.05, 3.63) is 12.4 Å². The van der Waals surface area contributed by atoms with Gasteiger partial charge in [0.2, 0.25) is 5.91 Å². The maximum atomic E-state index is 11.0. The van der Waals surface area contributed by atoms with Crippen LogP contribution < -0.4 is 10.6 Å². The van der Waals surface area contributed by atoms with Crippen LogP contribution in [0.15, 0.2) is 12.4 Å². The summed E-state index contributed by atoms with van der Waals surface area (Å²) in [5.41, 5.74) is 0. The summed E-state index contributed by atoms with van der Waals surface area (Å²) in [6.07, 6.45) is 4.81. The van der Waals surface area contributed by atoms with Gasteiger partial charge in [-0.3, -0.25) is 4.79 Å². The zero-order valence-corrected chi connectivity index (χ0v) is 6.92. The van der Waals surface area contributed by atoms with E-state index in [-0.39, 0.29) is 5.91 Å². The molecule has 0 unspecified atom stereocenters. The zero-order chi connectivity index (χ0) is 8.39. The second-order valence-corrected chi connectivity index (χ2v) is 3.20. The first kappa shape index (κ1) is 7.61. The fourth-order valence-electron chi connectivity index (χ4n) is 1.66. The Labute approximate surface area is 71.6 Å². The molecule has 12 heavy (non-hydrogen) atoms. The molecule has 1 atom stereocenters. The summed E-state index contributed by atoms with van der Waals surface area (Å²) in [7, 11) is 0. The average Bonchev–Trinajstić information content (AvgIpc) is 2.56. The predicted octanol–water partition coefficient (Wildman–Crippen LogP) is -0.749. The number of hydrogen-bond donors (Lipinski definition) is 2. The Morgan fingerprint density at radius 1 is 1.58 bits per heavy atom. The number of carbonyl (C=O) groups is 1.